The molecule has 282 valence electrons. The number of hydrogen-bond donors (Lipinski definition) is 3. The Morgan fingerprint density at radius 1 is 0.981 bits per heavy atom. The number of aryl methyl sites for hydroxylation is 3. The summed E-state index contributed by atoms with van der Waals surface area (Å²) in [6.45, 7) is 19.4. The van der Waals surface area contributed by atoms with Crippen LogP contribution in [0.1, 0.15) is 105 Å². The summed E-state index contributed by atoms with van der Waals surface area (Å²) >= 11 is 0. The molecule has 11 nitrogen and oxygen atoms in total. The van der Waals surface area contributed by atoms with Gasteiger partial charge in [-0.05, 0) is 85.8 Å². The number of nitrogens with one attached hydrogen (secondary N) is 2. The van der Waals surface area contributed by atoms with Crippen LogP contribution in [-0.4, -0.2) is 52.1 Å². The van der Waals surface area contributed by atoms with E-state index in [1.807, 2.05) is 51.2 Å². The highest BCUT2D eigenvalue weighted by atomic mass is 32.2. The van der Waals surface area contributed by atoms with Crippen LogP contribution in [0.3, 0.4) is 0 Å². The summed E-state index contributed by atoms with van der Waals surface area (Å²) in [6, 6.07) is 12.6. The van der Waals surface area contributed by atoms with Gasteiger partial charge in [0.25, 0.3) is 10.0 Å². The Morgan fingerprint density at radius 3 is 2.32 bits per heavy atom. The average molecular weight is 741 g/mol. The maximum Gasteiger partial charge on any atom is 0.335 e. The summed E-state index contributed by atoms with van der Waals surface area (Å²) < 4.78 is 36.0. The van der Waals surface area contributed by atoms with E-state index in [1.165, 1.54) is 18.2 Å². The molecule has 0 saturated carbocycles. The number of aromatic nitrogens is 4. The number of nitrogens with zero attached hydrogens (tertiary/aromatic N) is 4. The van der Waals surface area contributed by atoms with Gasteiger partial charge in [-0.1, -0.05) is 78.3 Å². The SMILES string of the molecule is Cc1cccc(C)c1-c1cc(OC[C@@H]2N[C@H](c3cnc(C=CC(C)(C)C)c(C)n3)CCC[C@H]2C(C)(C)C)nc(NS(=O)(=O)c2cccc(C(=O)O)c2)n1. The standard InChI is InChI=1S/C41H52N6O5S/c1-25-13-10-14-26(2)37(25)33-22-36(46-39(45-33)47-53(50,51)29-16-11-15-28(21-29)38(48)49)52-24-35-30(41(7,8)9)17-12-18-32(44-35)34-23-42-31(27(3)43-34)19-20-40(4,5)6/h10-11,13-16,19-23,30,32,35,44H,12,17-18,24H2,1-9H3,(H,48,49)(H,45,46,47)/t30-,32+,35+/m1/s1. The minimum atomic E-state index is -4.25. The predicted molar refractivity (Wildman–Crippen MR) is 208 cm³/mol. The molecule has 1 aliphatic rings. The Kier molecular flexibility index (Phi) is 11.7. The normalized spacial score (nSPS) is 18.5. The van der Waals surface area contributed by atoms with Crippen LogP contribution in [-0.2, 0) is 10.0 Å². The lowest BCUT2D eigenvalue weighted by atomic mass is 9.74. The van der Waals surface area contributed by atoms with Crippen LogP contribution >= 0.6 is 0 Å². The maximum atomic E-state index is 13.5. The zero-order valence-corrected chi connectivity index (χ0v) is 33.0. The summed E-state index contributed by atoms with van der Waals surface area (Å²) in [4.78, 5) is 30.3. The van der Waals surface area contributed by atoms with Gasteiger partial charge in [0.1, 0.15) is 6.61 Å². The average Bonchev–Trinajstić information content (AvgIpc) is 3.29. The van der Waals surface area contributed by atoms with Gasteiger partial charge in [0.15, 0.2) is 0 Å². The third-order valence-electron chi connectivity index (χ3n) is 9.59. The molecule has 3 atom stereocenters. The Morgan fingerprint density at radius 2 is 1.68 bits per heavy atom. The van der Waals surface area contributed by atoms with Crippen molar-refractivity contribution < 1.29 is 23.1 Å². The maximum absolute atomic E-state index is 13.5. The van der Waals surface area contributed by atoms with Gasteiger partial charge in [0.05, 0.1) is 45.5 Å². The molecule has 0 radical (unpaired) electrons. The number of aromatic carboxylic acids is 1. The highest BCUT2D eigenvalue weighted by Gasteiger charge is 2.37. The van der Waals surface area contributed by atoms with Gasteiger partial charge in [-0.2, -0.15) is 4.98 Å². The highest BCUT2D eigenvalue weighted by molar-refractivity contribution is 7.92. The number of rotatable bonds is 10. The van der Waals surface area contributed by atoms with Crippen molar-refractivity contribution in [3.05, 3.63) is 94.6 Å². The first-order valence-electron chi connectivity index (χ1n) is 18.0. The lowest BCUT2D eigenvalue weighted by Gasteiger charge is -2.37. The van der Waals surface area contributed by atoms with Crippen molar-refractivity contribution in [1.29, 1.82) is 0 Å². The first-order valence-corrected chi connectivity index (χ1v) is 19.5. The van der Waals surface area contributed by atoms with E-state index in [4.69, 9.17) is 14.7 Å². The number of carboxylic acid groups (broad SMARTS) is 1. The first-order chi connectivity index (χ1) is 24.8. The molecule has 3 N–H and O–H groups in total. The van der Waals surface area contributed by atoms with Crippen molar-refractivity contribution in [2.45, 2.75) is 98.6 Å². The number of carbonyl (C=O) groups is 1. The topological polar surface area (TPSA) is 156 Å². The molecule has 2 aromatic carbocycles. The van der Waals surface area contributed by atoms with Gasteiger partial charge in [-0.3, -0.25) is 9.97 Å². The fourth-order valence-corrected chi connectivity index (χ4v) is 7.84. The van der Waals surface area contributed by atoms with Crippen LogP contribution in [0.4, 0.5) is 5.95 Å². The van der Waals surface area contributed by atoms with E-state index in [0.717, 1.165) is 59.1 Å². The molecule has 0 spiro atoms. The minimum absolute atomic E-state index is 0.0347. The van der Waals surface area contributed by atoms with E-state index in [0.29, 0.717) is 5.69 Å². The summed E-state index contributed by atoms with van der Waals surface area (Å²) in [5.41, 5.74) is 5.69. The number of anilines is 1. The second-order valence-electron chi connectivity index (χ2n) is 16.1. The van der Waals surface area contributed by atoms with Gasteiger partial charge >= 0.3 is 5.97 Å². The fourth-order valence-electron chi connectivity index (χ4n) is 6.85. The lowest BCUT2D eigenvalue weighted by molar-refractivity contribution is 0.0696. The molecule has 3 heterocycles. The molecule has 4 aromatic rings. The van der Waals surface area contributed by atoms with Crippen LogP contribution in [0.25, 0.3) is 17.3 Å². The van der Waals surface area contributed by atoms with Gasteiger partial charge in [-0.15, -0.1) is 0 Å². The molecule has 5 rings (SSSR count). The van der Waals surface area contributed by atoms with Crippen LogP contribution in [0.2, 0.25) is 0 Å². The molecular weight excluding hydrogens is 689 g/mol. The molecule has 0 amide bonds. The van der Waals surface area contributed by atoms with E-state index in [2.05, 4.69) is 67.6 Å². The highest BCUT2D eigenvalue weighted by Crippen LogP contribution is 2.38. The zero-order valence-electron chi connectivity index (χ0n) is 32.2. The first kappa shape index (κ1) is 39.5. The van der Waals surface area contributed by atoms with Crippen molar-refractivity contribution in [1.82, 2.24) is 25.3 Å². The van der Waals surface area contributed by atoms with E-state index in [9.17, 15) is 18.3 Å². The Balaban J connectivity index is 1.48. The van der Waals surface area contributed by atoms with Crippen LogP contribution in [0.5, 0.6) is 5.88 Å². The number of allylic oxidation sites excluding steroid dienone is 1. The number of hydrogen-bond acceptors (Lipinski definition) is 9. The van der Waals surface area contributed by atoms with Crippen LogP contribution in [0.15, 0.2) is 65.7 Å². The van der Waals surface area contributed by atoms with Crippen LogP contribution < -0.4 is 14.8 Å². The van der Waals surface area contributed by atoms with Crippen molar-refractivity contribution in [3.8, 4) is 17.1 Å². The quantitative estimate of drug-likeness (QED) is 0.144. The zero-order chi connectivity index (χ0) is 38.7. The predicted octanol–water partition coefficient (Wildman–Crippen LogP) is 8.34. The summed E-state index contributed by atoms with van der Waals surface area (Å²) in [6.07, 6.45) is 8.93. The van der Waals surface area contributed by atoms with Crippen molar-refractivity contribution >= 4 is 28.0 Å². The Bertz CT molecular complexity index is 2080. The second kappa shape index (κ2) is 15.7. The molecule has 1 aliphatic heterocycles. The summed E-state index contributed by atoms with van der Waals surface area (Å²) in [5, 5.41) is 13.3. The molecule has 53 heavy (non-hydrogen) atoms. The molecule has 0 unspecified atom stereocenters. The van der Waals surface area contributed by atoms with Gasteiger partial charge < -0.3 is 15.2 Å². The van der Waals surface area contributed by atoms with Gasteiger partial charge in [0, 0.05) is 17.7 Å². The number of ether oxygens (including phenoxy) is 1. The largest absolute Gasteiger partial charge is 0.478 e. The number of carboxylic acids is 1. The summed E-state index contributed by atoms with van der Waals surface area (Å²) in [5.74, 6) is -0.974. The van der Waals surface area contributed by atoms with E-state index < -0.39 is 16.0 Å². The monoisotopic (exact) mass is 740 g/mol. The van der Waals surface area contributed by atoms with E-state index in [-0.39, 0.29) is 57.7 Å². The van der Waals surface area contributed by atoms with Crippen molar-refractivity contribution in [2.75, 3.05) is 11.3 Å². The molecule has 12 heteroatoms. The van der Waals surface area contributed by atoms with Crippen LogP contribution in [0, 0.1) is 37.5 Å². The molecule has 1 fully saturated rings. The number of sulfonamides is 1. The Hall–Kier alpha value is -4.68. The molecule has 1 saturated heterocycles. The summed E-state index contributed by atoms with van der Waals surface area (Å²) in [7, 11) is -4.25. The third kappa shape index (κ3) is 10.1. The van der Waals surface area contributed by atoms with Crippen molar-refractivity contribution in [2.24, 2.45) is 16.7 Å². The lowest BCUT2D eigenvalue weighted by Crippen LogP contribution is -2.46. The smallest absolute Gasteiger partial charge is 0.335 e. The minimum Gasteiger partial charge on any atom is -0.478 e. The Labute approximate surface area is 313 Å². The number of benzene rings is 2. The van der Waals surface area contributed by atoms with E-state index >= 15 is 0 Å². The fraction of sp³-hybridized carbons (Fsp3) is 0.439. The third-order valence-corrected chi connectivity index (χ3v) is 10.9. The second-order valence-corrected chi connectivity index (χ2v) is 17.8. The van der Waals surface area contributed by atoms with E-state index in [1.54, 1.807) is 6.07 Å². The van der Waals surface area contributed by atoms with Gasteiger partial charge in [0.2, 0.25) is 11.8 Å². The molecule has 0 bridgehead atoms. The van der Waals surface area contributed by atoms with Gasteiger partial charge in [-0.25, -0.2) is 22.9 Å². The van der Waals surface area contributed by atoms with Crippen molar-refractivity contribution in [3.63, 3.8) is 0 Å². The molecule has 2 aromatic heterocycles. The molecule has 0 aliphatic carbocycles. The molecular formula is C41H52N6O5S.